The Morgan fingerprint density at radius 3 is 2.88 bits per heavy atom. The van der Waals surface area contributed by atoms with E-state index in [2.05, 4.69) is 20.9 Å². The Hall–Kier alpha value is -1.89. The van der Waals surface area contributed by atoms with Crippen LogP contribution in [0.15, 0.2) is 45.7 Å². The first-order chi connectivity index (χ1) is 11.6. The predicted octanol–water partition coefficient (Wildman–Crippen LogP) is 3.88. The number of fused-ring (bicyclic) bond motifs is 3. The molecular weight excluding hydrogens is 412 g/mol. The van der Waals surface area contributed by atoms with Gasteiger partial charge in [-0.3, -0.25) is 4.79 Å². The average molecular weight is 422 g/mol. The van der Waals surface area contributed by atoms with E-state index in [9.17, 15) is 4.79 Å². The zero-order valence-electron chi connectivity index (χ0n) is 12.4. The molecule has 0 aliphatic rings. The van der Waals surface area contributed by atoms with Crippen LogP contribution in [0.3, 0.4) is 0 Å². The summed E-state index contributed by atoms with van der Waals surface area (Å²) in [6.07, 6.45) is 1.81. The van der Waals surface area contributed by atoms with Crippen LogP contribution in [0.4, 0.5) is 0 Å². The molecule has 0 amide bonds. The molecule has 0 atom stereocenters. The lowest BCUT2D eigenvalue weighted by Crippen LogP contribution is -2.22. The molecule has 2 aromatic carbocycles. The fourth-order valence-corrected chi connectivity index (χ4v) is 4.67. The van der Waals surface area contributed by atoms with Gasteiger partial charge in [-0.05, 0) is 51.8 Å². The van der Waals surface area contributed by atoms with Gasteiger partial charge < -0.3 is 4.74 Å². The molecule has 0 saturated heterocycles. The molecule has 0 saturated carbocycles. The molecule has 0 fully saturated rings. The molecule has 4 aromatic rings. The number of para-hydroxylation sites is 2. The average Bonchev–Trinajstić information content (AvgIpc) is 3.04. The second-order valence-corrected chi connectivity index (χ2v) is 7.42. The number of aromatic nitrogens is 2. The fourth-order valence-electron chi connectivity index (χ4n) is 2.62. The number of hydrogen-bond donors (Lipinski definition) is 0. The van der Waals surface area contributed by atoms with Crippen molar-refractivity contribution in [2.75, 3.05) is 7.11 Å². The van der Waals surface area contributed by atoms with E-state index in [0.717, 1.165) is 21.1 Å². The van der Waals surface area contributed by atoms with Gasteiger partial charge >= 0.3 is 0 Å². The third-order valence-electron chi connectivity index (χ3n) is 3.67. The number of methoxy groups -OCH3 is 1. The van der Waals surface area contributed by atoms with Gasteiger partial charge in [-0.2, -0.15) is 0 Å². The number of nitrogens with zero attached hydrogens (tertiary/aromatic N) is 2. The molecule has 0 aliphatic carbocycles. The first-order valence-corrected chi connectivity index (χ1v) is 9.02. The molecule has 4 rings (SSSR count). The molecule has 24 heavy (non-hydrogen) atoms. The summed E-state index contributed by atoms with van der Waals surface area (Å²) >= 11 is 11.0. The number of halogens is 2. The van der Waals surface area contributed by atoms with Crippen LogP contribution in [0.25, 0.3) is 22.1 Å². The molecule has 2 aromatic heterocycles. The molecule has 7 heteroatoms. The maximum atomic E-state index is 12.7. The van der Waals surface area contributed by atoms with E-state index in [1.807, 2.05) is 36.4 Å². The predicted molar refractivity (Wildman–Crippen MR) is 101 cm³/mol. The van der Waals surface area contributed by atoms with E-state index >= 15 is 0 Å². The maximum Gasteiger partial charge on any atom is 0.274 e. The number of benzene rings is 2. The van der Waals surface area contributed by atoms with Gasteiger partial charge in [-0.15, -0.1) is 0 Å². The highest BCUT2D eigenvalue weighted by atomic mass is 79.9. The summed E-state index contributed by atoms with van der Waals surface area (Å²) < 4.78 is 8.21. The van der Waals surface area contributed by atoms with E-state index in [-0.39, 0.29) is 5.56 Å². The molecule has 120 valence electrons. The smallest absolute Gasteiger partial charge is 0.274 e. The summed E-state index contributed by atoms with van der Waals surface area (Å²) in [5, 5.41) is 0.484. The molecule has 2 heterocycles. The monoisotopic (exact) mass is 420 g/mol. The highest BCUT2D eigenvalue weighted by molar-refractivity contribution is 9.10. The summed E-state index contributed by atoms with van der Waals surface area (Å²) in [6, 6.07) is 11.2. The summed E-state index contributed by atoms with van der Waals surface area (Å²) in [4.78, 5) is 17.9. The second kappa shape index (κ2) is 5.88. The molecule has 4 nitrogen and oxygen atoms in total. The second-order valence-electron chi connectivity index (χ2n) is 5.15. The quantitative estimate of drug-likeness (QED) is 0.493. The minimum atomic E-state index is -0.0771. The molecule has 0 aliphatic heterocycles. The van der Waals surface area contributed by atoms with Crippen LogP contribution in [-0.4, -0.2) is 16.5 Å². The van der Waals surface area contributed by atoms with E-state index in [4.69, 9.17) is 16.3 Å². The maximum absolute atomic E-state index is 12.7. The van der Waals surface area contributed by atoms with Gasteiger partial charge in [0.15, 0.2) is 10.7 Å². The minimum Gasteiger partial charge on any atom is -0.494 e. The SMILES string of the molecule is COc1c(Cl)cc(/C=c2\sc3nc4ccccc4n3c2=O)cc1Br. The van der Waals surface area contributed by atoms with Crippen LogP contribution in [0.2, 0.25) is 5.02 Å². The lowest BCUT2D eigenvalue weighted by molar-refractivity contribution is 0.412. The Morgan fingerprint density at radius 1 is 1.33 bits per heavy atom. The zero-order chi connectivity index (χ0) is 16.8. The van der Waals surface area contributed by atoms with E-state index < -0.39 is 0 Å². The van der Waals surface area contributed by atoms with Gasteiger partial charge in [0.25, 0.3) is 5.56 Å². The number of hydrogen-bond acceptors (Lipinski definition) is 4. The highest BCUT2D eigenvalue weighted by Gasteiger charge is 2.11. The molecule has 0 bridgehead atoms. The highest BCUT2D eigenvalue weighted by Crippen LogP contribution is 2.34. The van der Waals surface area contributed by atoms with Crippen molar-refractivity contribution in [3.8, 4) is 5.75 Å². The van der Waals surface area contributed by atoms with Crippen molar-refractivity contribution in [1.29, 1.82) is 0 Å². The Labute approximate surface area is 154 Å². The standard InChI is InChI=1S/C17H10BrClN2O2S/c1-23-15-10(18)6-9(7-11(15)19)8-14-16(22)21-13-5-3-2-4-12(13)20-17(21)24-14/h2-8H,1H3/b14-8-. The van der Waals surface area contributed by atoms with Gasteiger partial charge in [0.2, 0.25) is 0 Å². The Morgan fingerprint density at radius 2 is 2.12 bits per heavy atom. The van der Waals surface area contributed by atoms with Crippen LogP contribution in [0.1, 0.15) is 5.56 Å². The summed E-state index contributed by atoms with van der Waals surface area (Å²) in [7, 11) is 1.56. The van der Waals surface area contributed by atoms with Crippen molar-refractivity contribution in [2.24, 2.45) is 0 Å². The van der Waals surface area contributed by atoms with Crippen LogP contribution in [0, 0.1) is 0 Å². The van der Waals surface area contributed by atoms with E-state index in [1.165, 1.54) is 11.3 Å². The zero-order valence-corrected chi connectivity index (χ0v) is 15.6. The summed E-state index contributed by atoms with van der Waals surface area (Å²) in [5.41, 5.74) is 2.38. The van der Waals surface area contributed by atoms with E-state index in [1.54, 1.807) is 17.6 Å². The molecule has 0 radical (unpaired) electrons. The fraction of sp³-hybridized carbons (Fsp3) is 0.0588. The Bertz CT molecular complexity index is 1180. The molecule has 0 spiro atoms. The molecule has 0 N–H and O–H groups in total. The minimum absolute atomic E-state index is 0.0771. The number of rotatable bonds is 2. The third-order valence-corrected chi connectivity index (χ3v) is 5.51. The van der Waals surface area contributed by atoms with Gasteiger partial charge in [-0.1, -0.05) is 35.1 Å². The Kier molecular flexibility index (Phi) is 3.83. The van der Waals surface area contributed by atoms with Crippen molar-refractivity contribution >= 4 is 60.9 Å². The van der Waals surface area contributed by atoms with Gasteiger partial charge in [-0.25, -0.2) is 9.38 Å². The largest absolute Gasteiger partial charge is 0.494 e. The summed E-state index contributed by atoms with van der Waals surface area (Å²) in [6.45, 7) is 0. The first-order valence-electron chi connectivity index (χ1n) is 7.03. The van der Waals surface area contributed by atoms with Crippen molar-refractivity contribution in [2.45, 2.75) is 0 Å². The van der Waals surface area contributed by atoms with Crippen molar-refractivity contribution < 1.29 is 4.74 Å². The number of thiazole rings is 1. The van der Waals surface area contributed by atoms with Gasteiger partial charge in [0, 0.05) is 0 Å². The first kappa shape index (κ1) is 15.6. The van der Waals surface area contributed by atoms with Crippen molar-refractivity contribution in [3.05, 3.63) is 66.3 Å². The molecular formula is C17H10BrClN2O2S. The van der Waals surface area contributed by atoms with Crippen molar-refractivity contribution in [3.63, 3.8) is 0 Å². The van der Waals surface area contributed by atoms with Gasteiger partial charge in [0.05, 0.1) is 32.2 Å². The Balaban J connectivity index is 1.95. The lowest BCUT2D eigenvalue weighted by Gasteiger charge is -2.06. The summed E-state index contributed by atoms with van der Waals surface area (Å²) in [5.74, 6) is 0.572. The topological polar surface area (TPSA) is 43.6 Å². The number of ether oxygens (including phenoxy) is 1. The van der Waals surface area contributed by atoms with Crippen LogP contribution < -0.4 is 14.8 Å². The normalized spacial score (nSPS) is 12.4. The van der Waals surface area contributed by atoms with Gasteiger partial charge in [0.1, 0.15) is 0 Å². The van der Waals surface area contributed by atoms with Crippen LogP contribution >= 0.6 is 38.9 Å². The van der Waals surface area contributed by atoms with Crippen LogP contribution in [0.5, 0.6) is 5.75 Å². The van der Waals surface area contributed by atoms with Crippen molar-refractivity contribution in [1.82, 2.24) is 9.38 Å². The van der Waals surface area contributed by atoms with E-state index in [0.29, 0.717) is 20.3 Å². The number of imidazole rings is 1. The molecule has 0 unspecified atom stereocenters. The lowest BCUT2D eigenvalue weighted by atomic mass is 10.2. The van der Waals surface area contributed by atoms with Crippen LogP contribution in [-0.2, 0) is 0 Å². The third kappa shape index (κ3) is 2.42.